The minimum absolute atomic E-state index is 0.121. The zero-order valence-corrected chi connectivity index (χ0v) is 11.9. The van der Waals surface area contributed by atoms with Crippen molar-refractivity contribution < 1.29 is 4.92 Å². The van der Waals surface area contributed by atoms with Gasteiger partial charge in [0.2, 0.25) is 0 Å². The molecule has 2 aromatic carbocycles. The van der Waals surface area contributed by atoms with Crippen LogP contribution >= 0.6 is 11.8 Å². The maximum atomic E-state index is 10.6. The molecule has 0 atom stereocenters. The summed E-state index contributed by atoms with van der Waals surface area (Å²) in [5, 5.41) is 11.7. The zero-order valence-electron chi connectivity index (χ0n) is 11.1. The number of thioether (sulfide) groups is 1. The van der Waals surface area contributed by atoms with E-state index in [0.29, 0.717) is 0 Å². The van der Waals surface area contributed by atoms with E-state index in [0.717, 1.165) is 21.6 Å². The number of hydrogen-bond acceptors (Lipinski definition) is 4. The molecule has 0 amide bonds. The third-order valence-electron chi connectivity index (χ3n) is 3.12. The van der Waals surface area contributed by atoms with E-state index >= 15 is 0 Å². The Labute approximate surface area is 126 Å². The number of nitrogens with zero attached hydrogens (tertiary/aromatic N) is 2. The van der Waals surface area contributed by atoms with Crippen LogP contribution in [0.25, 0.3) is 10.9 Å². The number of benzene rings is 2. The fraction of sp³-hybridized carbons (Fsp3) is 0.0625. The fourth-order valence-electron chi connectivity index (χ4n) is 2.05. The zero-order chi connectivity index (χ0) is 14.7. The Balaban J connectivity index is 1.72. The van der Waals surface area contributed by atoms with Gasteiger partial charge in [-0.05, 0) is 35.9 Å². The molecule has 0 saturated heterocycles. The van der Waals surface area contributed by atoms with E-state index in [-0.39, 0.29) is 10.6 Å². The average molecular weight is 296 g/mol. The summed E-state index contributed by atoms with van der Waals surface area (Å²) in [4.78, 5) is 15.5. The molecule has 4 nitrogen and oxygen atoms in total. The molecule has 0 bridgehead atoms. The first-order chi connectivity index (χ1) is 10.2. The van der Waals surface area contributed by atoms with Gasteiger partial charge in [-0.15, -0.1) is 11.8 Å². The molecule has 1 aromatic heterocycles. The Bertz CT molecular complexity index is 788. The van der Waals surface area contributed by atoms with Gasteiger partial charge in [0, 0.05) is 34.4 Å². The van der Waals surface area contributed by atoms with E-state index < -0.39 is 0 Å². The minimum Gasteiger partial charge on any atom is -0.258 e. The Kier molecular flexibility index (Phi) is 3.83. The van der Waals surface area contributed by atoms with Crippen molar-refractivity contribution in [2.75, 3.05) is 0 Å². The van der Waals surface area contributed by atoms with Gasteiger partial charge in [-0.3, -0.25) is 15.1 Å². The van der Waals surface area contributed by atoms with Crippen LogP contribution in [0.3, 0.4) is 0 Å². The first kappa shape index (κ1) is 13.6. The molecule has 104 valence electrons. The summed E-state index contributed by atoms with van der Waals surface area (Å²) in [7, 11) is 0. The highest BCUT2D eigenvalue weighted by atomic mass is 32.2. The molecule has 21 heavy (non-hydrogen) atoms. The predicted molar refractivity (Wildman–Crippen MR) is 84.4 cm³/mol. The molecule has 0 aliphatic heterocycles. The molecule has 0 aliphatic carbocycles. The Morgan fingerprint density at radius 1 is 1.10 bits per heavy atom. The number of nitro benzene ring substituents is 1. The van der Waals surface area contributed by atoms with E-state index in [1.165, 1.54) is 17.7 Å². The second-order valence-corrected chi connectivity index (χ2v) is 5.62. The van der Waals surface area contributed by atoms with Crippen molar-refractivity contribution >= 4 is 28.4 Å². The molecule has 0 saturated carbocycles. The van der Waals surface area contributed by atoms with Gasteiger partial charge in [0.1, 0.15) is 0 Å². The van der Waals surface area contributed by atoms with Gasteiger partial charge >= 0.3 is 0 Å². The minimum atomic E-state index is -0.384. The maximum Gasteiger partial charge on any atom is 0.269 e. The lowest BCUT2D eigenvalue weighted by molar-refractivity contribution is -0.384. The van der Waals surface area contributed by atoms with Crippen LogP contribution in [0.15, 0.2) is 65.7 Å². The van der Waals surface area contributed by atoms with E-state index in [4.69, 9.17) is 0 Å². The van der Waals surface area contributed by atoms with E-state index in [9.17, 15) is 10.1 Å². The summed E-state index contributed by atoms with van der Waals surface area (Å²) in [6.45, 7) is 0. The normalized spacial score (nSPS) is 10.7. The van der Waals surface area contributed by atoms with Gasteiger partial charge in [-0.25, -0.2) is 0 Å². The summed E-state index contributed by atoms with van der Waals surface area (Å²) in [6, 6.07) is 16.8. The molecule has 5 heteroatoms. The molecule has 0 radical (unpaired) electrons. The third-order valence-corrected chi connectivity index (χ3v) is 4.20. The first-order valence-corrected chi connectivity index (χ1v) is 7.42. The lowest BCUT2D eigenvalue weighted by Crippen LogP contribution is -1.87. The van der Waals surface area contributed by atoms with Crippen molar-refractivity contribution in [1.29, 1.82) is 0 Å². The van der Waals surface area contributed by atoms with Crippen molar-refractivity contribution in [3.05, 3.63) is 76.5 Å². The number of pyridine rings is 1. The monoisotopic (exact) mass is 296 g/mol. The SMILES string of the molecule is O=[N+]([O-])c1ccc(SCc2ccc3ncccc3c2)cc1. The van der Waals surface area contributed by atoms with Crippen LogP contribution in [0, 0.1) is 10.1 Å². The molecule has 0 fully saturated rings. The highest BCUT2D eigenvalue weighted by molar-refractivity contribution is 7.98. The van der Waals surface area contributed by atoms with Crippen LogP contribution in [-0.2, 0) is 5.75 Å². The Hall–Kier alpha value is -2.40. The van der Waals surface area contributed by atoms with E-state index in [2.05, 4.69) is 17.1 Å². The fourth-order valence-corrected chi connectivity index (χ4v) is 2.89. The van der Waals surface area contributed by atoms with E-state index in [1.54, 1.807) is 30.1 Å². The van der Waals surface area contributed by atoms with Crippen LogP contribution in [-0.4, -0.2) is 9.91 Å². The molecular weight excluding hydrogens is 284 g/mol. The first-order valence-electron chi connectivity index (χ1n) is 6.43. The number of nitro groups is 1. The molecule has 1 heterocycles. The molecule has 0 unspecified atom stereocenters. The van der Waals surface area contributed by atoms with Crippen LogP contribution in [0.4, 0.5) is 5.69 Å². The molecule has 0 spiro atoms. The standard InChI is InChI=1S/C16H12N2O2S/c19-18(20)14-4-6-15(7-5-14)21-11-12-3-8-16-13(10-12)2-1-9-17-16/h1-10H,11H2. The van der Waals surface area contributed by atoms with Crippen molar-refractivity contribution in [2.24, 2.45) is 0 Å². The molecule has 0 aliphatic rings. The lowest BCUT2D eigenvalue weighted by atomic mass is 10.1. The van der Waals surface area contributed by atoms with Gasteiger partial charge in [0.05, 0.1) is 10.4 Å². The molecular formula is C16H12N2O2S. The van der Waals surface area contributed by atoms with Gasteiger partial charge in [-0.2, -0.15) is 0 Å². The van der Waals surface area contributed by atoms with Crippen LogP contribution in [0.2, 0.25) is 0 Å². The second-order valence-electron chi connectivity index (χ2n) is 4.57. The van der Waals surface area contributed by atoms with Gasteiger partial charge in [-0.1, -0.05) is 12.1 Å². The number of aromatic nitrogens is 1. The highest BCUT2D eigenvalue weighted by Gasteiger charge is 2.04. The molecule has 3 aromatic rings. The Morgan fingerprint density at radius 2 is 1.90 bits per heavy atom. The van der Waals surface area contributed by atoms with E-state index in [1.807, 2.05) is 18.2 Å². The summed E-state index contributed by atoms with van der Waals surface area (Å²) >= 11 is 1.66. The number of hydrogen-bond donors (Lipinski definition) is 0. The van der Waals surface area contributed by atoms with Crippen molar-refractivity contribution in [3.8, 4) is 0 Å². The van der Waals surface area contributed by atoms with Gasteiger partial charge < -0.3 is 0 Å². The van der Waals surface area contributed by atoms with Gasteiger partial charge in [0.15, 0.2) is 0 Å². The van der Waals surface area contributed by atoms with Crippen molar-refractivity contribution in [3.63, 3.8) is 0 Å². The number of fused-ring (bicyclic) bond motifs is 1. The van der Waals surface area contributed by atoms with Crippen LogP contribution in [0.1, 0.15) is 5.56 Å². The maximum absolute atomic E-state index is 10.6. The largest absolute Gasteiger partial charge is 0.269 e. The molecule has 3 rings (SSSR count). The van der Waals surface area contributed by atoms with Gasteiger partial charge in [0.25, 0.3) is 5.69 Å². The van der Waals surface area contributed by atoms with Crippen molar-refractivity contribution in [1.82, 2.24) is 4.98 Å². The lowest BCUT2D eigenvalue weighted by Gasteiger charge is -2.04. The smallest absolute Gasteiger partial charge is 0.258 e. The quantitative estimate of drug-likeness (QED) is 0.406. The summed E-state index contributed by atoms with van der Waals surface area (Å²) in [5.74, 6) is 0.822. The number of non-ortho nitro benzene ring substituents is 1. The predicted octanol–water partition coefficient (Wildman–Crippen LogP) is 4.44. The molecule has 0 N–H and O–H groups in total. The number of rotatable bonds is 4. The topological polar surface area (TPSA) is 56.0 Å². The van der Waals surface area contributed by atoms with Crippen molar-refractivity contribution in [2.45, 2.75) is 10.6 Å². The highest BCUT2D eigenvalue weighted by Crippen LogP contribution is 2.26. The summed E-state index contributed by atoms with van der Waals surface area (Å²) in [5.41, 5.74) is 2.32. The summed E-state index contributed by atoms with van der Waals surface area (Å²) in [6.07, 6.45) is 1.79. The van der Waals surface area contributed by atoms with Crippen LogP contribution in [0.5, 0.6) is 0 Å². The second kappa shape index (κ2) is 5.93. The summed E-state index contributed by atoms with van der Waals surface area (Å²) < 4.78 is 0. The average Bonchev–Trinajstić information content (AvgIpc) is 2.53. The van der Waals surface area contributed by atoms with Crippen LogP contribution < -0.4 is 0 Å². The Morgan fingerprint density at radius 3 is 2.67 bits per heavy atom. The third kappa shape index (κ3) is 3.20.